The van der Waals surface area contributed by atoms with Gasteiger partial charge < -0.3 is 33.8 Å². The van der Waals surface area contributed by atoms with Gasteiger partial charge in [0.15, 0.2) is 12.2 Å². The molecular formula is C77H132O17P2. The van der Waals surface area contributed by atoms with Crippen LogP contribution in [0.15, 0.2) is 109 Å². The fourth-order valence-corrected chi connectivity index (χ4v) is 11.2. The van der Waals surface area contributed by atoms with Crippen molar-refractivity contribution in [1.82, 2.24) is 0 Å². The van der Waals surface area contributed by atoms with Gasteiger partial charge >= 0.3 is 39.5 Å². The summed E-state index contributed by atoms with van der Waals surface area (Å²) in [6, 6.07) is 0. The molecule has 0 aliphatic rings. The van der Waals surface area contributed by atoms with Gasteiger partial charge in [-0.15, -0.1) is 0 Å². The molecule has 19 heteroatoms. The normalized spacial score (nSPS) is 14.6. The van der Waals surface area contributed by atoms with E-state index in [1.54, 1.807) is 0 Å². The fourth-order valence-electron chi connectivity index (χ4n) is 9.62. The average Bonchev–Trinajstić information content (AvgIpc) is 1.17. The minimum Gasteiger partial charge on any atom is -0.462 e. The number of phosphoric acid groups is 2. The van der Waals surface area contributed by atoms with Crippen molar-refractivity contribution < 1.29 is 80.2 Å². The maximum absolute atomic E-state index is 13.1. The van der Waals surface area contributed by atoms with Gasteiger partial charge in [0.25, 0.3) is 0 Å². The number of rotatable bonds is 69. The smallest absolute Gasteiger partial charge is 0.462 e. The minimum atomic E-state index is -4.98. The molecule has 0 aliphatic heterocycles. The molecule has 17 nitrogen and oxygen atoms in total. The molecule has 0 radical (unpaired) electrons. The molecule has 96 heavy (non-hydrogen) atoms. The number of esters is 4. The van der Waals surface area contributed by atoms with Crippen molar-refractivity contribution in [3.05, 3.63) is 109 Å². The number of allylic oxidation sites excluding steroid dienone is 18. The summed E-state index contributed by atoms with van der Waals surface area (Å²) in [5, 5.41) is 10.6. The number of carbonyl (C=O) groups excluding carboxylic acids is 4. The largest absolute Gasteiger partial charge is 0.472 e. The zero-order chi connectivity index (χ0) is 70.4. The first kappa shape index (κ1) is 91.7. The maximum atomic E-state index is 13.1. The number of hydrogen-bond acceptors (Lipinski definition) is 15. The molecule has 0 amide bonds. The summed E-state index contributed by atoms with van der Waals surface area (Å²) in [5.41, 5.74) is 0. The molecule has 0 spiro atoms. The number of unbranched alkanes of at least 4 members (excludes halogenated alkanes) is 25. The van der Waals surface area contributed by atoms with Crippen molar-refractivity contribution in [3.8, 4) is 0 Å². The Morgan fingerprint density at radius 3 is 0.875 bits per heavy atom. The van der Waals surface area contributed by atoms with Crippen LogP contribution in [0.5, 0.6) is 0 Å². The second-order valence-electron chi connectivity index (χ2n) is 24.5. The Kier molecular flexibility index (Phi) is 66.1. The highest BCUT2D eigenvalue weighted by Gasteiger charge is 2.30. The van der Waals surface area contributed by atoms with Crippen LogP contribution in [0.3, 0.4) is 0 Å². The van der Waals surface area contributed by atoms with E-state index in [1.807, 2.05) is 0 Å². The highest BCUT2D eigenvalue weighted by atomic mass is 31.2. The average molecular weight is 1390 g/mol. The fraction of sp³-hybridized carbons (Fsp3) is 0.714. The van der Waals surface area contributed by atoms with Crippen LogP contribution in [0.1, 0.15) is 297 Å². The van der Waals surface area contributed by atoms with Crippen molar-refractivity contribution in [2.24, 2.45) is 0 Å². The molecular weight excluding hydrogens is 1260 g/mol. The van der Waals surface area contributed by atoms with Crippen molar-refractivity contribution >= 4 is 39.5 Å². The van der Waals surface area contributed by atoms with Gasteiger partial charge in [-0.2, -0.15) is 0 Å². The zero-order valence-corrected chi connectivity index (χ0v) is 61.8. The van der Waals surface area contributed by atoms with E-state index in [0.717, 1.165) is 180 Å². The Labute approximate surface area is 581 Å². The van der Waals surface area contributed by atoms with Gasteiger partial charge in [-0.05, 0) is 122 Å². The quantitative estimate of drug-likeness (QED) is 0.0169. The van der Waals surface area contributed by atoms with Crippen molar-refractivity contribution in [2.45, 2.75) is 316 Å². The lowest BCUT2D eigenvalue weighted by Crippen LogP contribution is -2.30. The topological polar surface area (TPSA) is 237 Å². The first-order valence-corrected chi connectivity index (χ1v) is 40.1. The lowest BCUT2D eigenvalue weighted by Gasteiger charge is -2.21. The molecule has 0 aliphatic carbocycles. The summed E-state index contributed by atoms with van der Waals surface area (Å²) >= 11 is 0. The Balaban J connectivity index is 5.35. The number of phosphoric ester groups is 2. The van der Waals surface area contributed by atoms with Crippen molar-refractivity contribution in [2.75, 3.05) is 39.6 Å². The van der Waals surface area contributed by atoms with Gasteiger partial charge in [0.1, 0.15) is 19.3 Å². The summed E-state index contributed by atoms with van der Waals surface area (Å²) in [6.07, 6.45) is 72.3. The lowest BCUT2D eigenvalue weighted by molar-refractivity contribution is -0.161. The molecule has 3 N–H and O–H groups in total. The summed E-state index contributed by atoms with van der Waals surface area (Å²) < 4.78 is 68.3. The molecule has 0 aromatic heterocycles. The van der Waals surface area contributed by atoms with E-state index < -0.39 is 97.5 Å². The van der Waals surface area contributed by atoms with Crippen LogP contribution in [-0.4, -0.2) is 96.7 Å². The monoisotopic (exact) mass is 1390 g/mol. The first-order chi connectivity index (χ1) is 46.7. The third kappa shape index (κ3) is 68.3. The van der Waals surface area contributed by atoms with E-state index in [2.05, 4.69) is 137 Å². The second-order valence-corrected chi connectivity index (χ2v) is 27.4. The molecule has 0 heterocycles. The van der Waals surface area contributed by atoms with Crippen molar-refractivity contribution in [3.63, 3.8) is 0 Å². The van der Waals surface area contributed by atoms with Crippen molar-refractivity contribution in [1.29, 1.82) is 0 Å². The molecule has 0 fully saturated rings. The lowest BCUT2D eigenvalue weighted by atomic mass is 10.1. The number of aliphatic hydroxyl groups excluding tert-OH is 1. The summed E-state index contributed by atoms with van der Waals surface area (Å²) in [7, 11) is -9.95. The number of carbonyl (C=O) groups is 4. The summed E-state index contributed by atoms with van der Waals surface area (Å²) in [4.78, 5) is 72.7. The van der Waals surface area contributed by atoms with Gasteiger partial charge in [0.05, 0.1) is 26.4 Å². The van der Waals surface area contributed by atoms with E-state index in [-0.39, 0.29) is 25.7 Å². The van der Waals surface area contributed by atoms with E-state index in [0.29, 0.717) is 25.7 Å². The molecule has 0 saturated heterocycles. The van der Waals surface area contributed by atoms with Crippen LogP contribution >= 0.6 is 15.6 Å². The van der Waals surface area contributed by atoms with Gasteiger partial charge in [-0.25, -0.2) is 9.13 Å². The third-order valence-electron chi connectivity index (χ3n) is 15.2. The highest BCUT2D eigenvalue weighted by molar-refractivity contribution is 7.47. The van der Waals surface area contributed by atoms with Gasteiger partial charge in [0, 0.05) is 25.7 Å². The number of ether oxygens (including phenoxy) is 4. The Hall–Kier alpha value is -4.28. The molecule has 0 saturated carbocycles. The molecule has 0 bridgehead atoms. The van der Waals surface area contributed by atoms with E-state index in [9.17, 15) is 43.2 Å². The van der Waals surface area contributed by atoms with Crippen LogP contribution in [0, 0.1) is 0 Å². The van der Waals surface area contributed by atoms with E-state index >= 15 is 0 Å². The Morgan fingerprint density at radius 1 is 0.302 bits per heavy atom. The van der Waals surface area contributed by atoms with Gasteiger partial charge in [-0.3, -0.25) is 37.3 Å². The van der Waals surface area contributed by atoms with Crippen LogP contribution in [0.4, 0.5) is 0 Å². The van der Waals surface area contributed by atoms with Crippen LogP contribution in [0.2, 0.25) is 0 Å². The summed E-state index contributed by atoms with van der Waals surface area (Å²) in [6.45, 7) is 4.51. The maximum Gasteiger partial charge on any atom is 0.472 e. The number of aliphatic hydroxyl groups is 1. The second kappa shape index (κ2) is 69.2. The van der Waals surface area contributed by atoms with Crippen LogP contribution in [-0.2, 0) is 65.4 Å². The van der Waals surface area contributed by atoms with Crippen LogP contribution in [0.25, 0.3) is 0 Å². The molecule has 5 unspecified atom stereocenters. The third-order valence-corrected chi connectivity index (χ3v) is 17.1. The predicted octanol–water partition coefficient (Wildman–Crippen LogP) is 21.0. The summed E-state index contributed by atoms with van der Waals surface area (Å²) in [5.74, 6) is -2.23. The highest BCUT2D eigenvalue weighted by Crippen LogP contribution is 2.45. The van der Waals surface area contributed by atoms with Gasteiger partial charge in [0.2, 0.25) is 0 Å². The first-order valence-electron chi connectivity index (χ1n) is 37.1. The predicted molar refractivity (Wildman–Crippen MR) is 390 cm³/mol. The number of hydrogen-bond donors (Lipinski definition) is 3. The SMILES string of the molecule is CC/C=C\C/C=C\C/C=C\C/C=C\CCCCCCC(=O)OCC(COP(=O)(O)OCC(O)COP(=O)(O)OCC(COC(=O)CCCCCCC/C=C\C/C=C\C/C=C\CC)OC(=O)CCCCCCCCCCCCC)OC(=O)CCCCCCC/C=C\C/C=C\CCC. The molecule has 552 valence electrons. The standard InChI is InChI=1S/C77H132O17P2/c1-5-9-13-17-21-25-29-32-34-35-37-40-43-46-50-54-58-62-75(80)88-68-73(94-77(82)64-60-56-52-48-44-38-31-27-23-19-15-11-7-3)70-92-96(85,86)90-66-71(78)65-89-95(83,84)91-69-72(93-76(81)63-59-55-51-47-41-28-24-20-16-12-8-4)67-87-74(79)61-57-53-49-45-42-39-36-33-30-26-22-18-14-10-6-2/h9-10,13-15,19,21-22,25-27,31-34,36-37,40,71-73,78H,5-8,11-12,16-18,20,23-24,28-30,35,38-39,41-70H2,1-4H3,(H,83,84)(H,85,86)/b13-9-,14-10-,19-15-,25-21-,26-22-,31-27-,34-32-,36-33-,40-37-. The Bertz CT molecular complexity index is 2250. The Morgan fingerprint density at radius 2 is 0.562 bits per heavy atom. The van der Waals surface area contributed by atoms with Gasteiger partial charge in [-0.1, -0.05) is 259 Å². The minimum absolute atomic E-state index is 0.0717. The van der Waals surface area contributed by atoms with Crippen LogP contribution < -0.4 is 0 Å². The molecule has 0 aromatic rings. The van der Waals surface area contributed by atoms with E-state index in [4.69, 9.17) is 37.0 Å². The zero-order valence-electron chi connectivity index (χ0n) is 60.0. The molecule has 5 atom stereocenters. The molecule has 0 rings (SSSR count). The molecule has 0 aromatic carbocycles. The van der Waals surface area contributed by atoms with E-state index in [1.165, 1.54) is 38.5 Å².